The van der Waals surface area contributed by atoms with Gasteiger partial charge in [0.15, 0.2) is 5.71 Å². The molecule has 0 saturated carbocycles. The zero-order valence-electron chi connectivity index (χ0n) is 10.7. The van der Waals surface area contributed by atoms with E-state index < -0.39 is 17.7 Å². The number of phenolic OH excluding ortho intramolecular Hbond substituents is 1. The lowest BCUT2D eigenvalue weighted by Crippen LogP contribution is -2.16. The third-order valence-corrected chi connectivity index (χ3v) is 3.34. The van der Waals surface area contributed by atoms with Crippen molar-refractivity contribution in [3.8, 4) is 5.75 Å². The average Bonchev–Trinajstić information content (AvgIpc) is 2.91. The molecular formula is C14H11NO5S. The number of aliphatic carboxylic acids is 1. The summed E-state index contributed by atoms with van der Waals surface area (Å²) < 4.78 is 0. The SMILES string of the molecule is O=C(Cc1cccs1)ON=C(C(=O)O)c1cccc(O)c1. The lowest BCUT2D eigenvalue weighted by atomic mass is 10.1. The Morgan fingerprint density at radius 2 is 2.05 bits per heavy atom. The van der Waals surface area contributed by atoms with Gasteiger partial charge < -0.3 is 15.1 Å². The first-order valence-corrected chi connectivity index (χ1v) is 6.77. The number of carbonyl (C=O) groups excluding carboxylic acids is 1. The summed E-state index contributed by atoms with van der Waals surface area (Å²) in [6.45, 7) is 0. The van der Waals surface area contributed by atoms with Gasteiger partial charge in [0.2, 0.25) is 0 Å². The van der Waals surface area contributed by atoms with Crippen LogP contribution < -0.4 is 0 Å². The van der Waals surface area contributed by atoms with Crippen molar-refractivity contribution in [3.63, 3.8) is 0 Å². The summed E-state index contributed by atoms with van der Waals surface area (Å²) in [5, 5.41) is 23.6. The number of oxime groups is 1. The minimum atomic E-state index is -1.36. The van der Waals surface area contributed by atoms with Crippen LogP contribution in [0, 0.1) is 0 Å². The minimum Gasteiger partial charge on any atom is -0.508 e. The minimum absolute atomic E-state index is 0.0219. The molecule has 2 aromatic rings. The number of aromatic hydroxyl groups is 1. The third-order valence-electron chi connectivity index (χ3n) is 2.46. The summed E-state index contributed by atoms with van der Waals surface area (Å²) in [5.74, 6) is -2.12. The molecule has 7 heteroatoms. The Bertz CT molecular complexity index is 678. The molecule has 0 bridgehead atoms. The molecule has 0 atom stereocenters. The van der Waals surface area contributed by atoms with Crippen LogP contribution in [0.15, 0.2) is 46.9 Å². The quantitative estimate of drug-likeness (QED) is 0.500. The summed E-state index contributed by atoms with van der Waals surface area (Å²) in [6, 6.07) is 9.09. The predicted octanol–water partition coefficient (Wildman–Crippen LogP) is 2.03. The molecule has 0 aliphatic rings. The number of nitrogens with zero attached hydrogens (tertiary/aromatic N) is 1. The van der Waals surface area contributed by atoms with Crippen LogP contribution >= 0.6 is 11.3 Å². The van der Waals surface area contributed by atoms with E-state index in [1.165, 1.54) is 35.6 Å². The number of carboxylic acids is 1. The molecule has 0 spiro atoms. The van der Waals surface area contributed by atoms with E-state index in [4.69, 9.17) is 5.11 Å². The van der Waals surface area contributed by atoms with Crippen molar-refractivity contribution >= 4 is 29.0 Å². The number of hydrogen-bond donors (Lipinski definition) is 2. The Kier molecular flexibility index (Phi) is 4.68. The third kappa shape index (κ3) is 4.15. The molecule has 0 radical (unpaired) electrons. The van der Waals surface area contributed by atoms with E-state index in [2.05, 4.69) is 9.99 Å². The number of carbonyl (C=O) groups is 2. The van der Waals surface area contributed by atoms with E-state index in [1.54, 1.807) is 12.1 Å². The highest BCUT2D eigenvalue weighted by atomic mass is 32.1. The smallest absolute Gasteiger partial charge is 0.358 e. The molecule has 0 unspecified atom stereocenters. The second kappa shape index (κ2) is 6.67. The van der Waals surface area contributed by atoms with E-state index in [0.29, 0.717) is 0 Å². The van der Waals surface area contributed by atoms with Crippen molar-refractivity contribution < 1.29 is 24.6 Å². The first-order chi connectivity index (χ1) is 10.1. The van der Waals surface area contributed by atoms with Crippen molar-refractivity contribution in [3.05, 3.63) is 52.2 Å². The number of rotatable bonds is 5. The Morgan fingerprint density at radius 1 is 1.24 bits per heavy atom. The van der Waals surface area contributed by atoms with E-state index >= 15 is 0 Å². The Balaban J connectivity index is 2.11. The molecule has 1 heterocycles. The maximum atomic E-state index is 11.6. The van der Waals surface area contributed by atoms with Gasteiger partial charge in [0.1, 0.15) is 5.75 Å². The van der Waals surface area contributed by atoms with Crippen LogP contribution in [-0.2, 0) is 20.8 Å². The molecule has 0 aliphatic carbocycles. The summed E-state index contributed by atoms with van der Waals surface area (Å²) >= 11 is 1.39. The lowest BCUT2D eigenvalue weighted by molar-refractivity contribution is -0.142. The van der Waals surface area contributed by atoms with Gasteiger partial charge in [-0.25, -0.2) is 9.59 Å². The maximum Gasteiger partial charge on any atom is 0.358 e. The lowest BCUT2D eigenvalue weighted by Gasteiger charge is -2.02. The summed E-state index contributed by atoms with van der Waals surface area (Å²) in [6.07, 6.45) is 0.0219. The fourth-order valence-corrected chi connectivity index (χ4v) is 2.24. The molecule has 0 saturated heterocycles. The van der Waals surface area contributed by atoms with Crippen molar-refractivity contribution in [2.24, 2.45) is 5.16 Å². The first kappa shape index (κ1) is 14.7. The van der Waals surface area contributed by atoms with Crippen LogP contribution in [0.1, 0.15) is 10.4 Å². The van der Waals surface area contributed by atoms with Crippen molar-refractivity contribution in [1.82, 2.24) is 0 Å². The zero-order chi connectivity index (χ0) is 15.2. The highest BCUT2D eigenvalue weighted by molar-refractivity contribution is 7.10. The largest absolute Gasteiger partial charge is 0.508 e. The fourth-order valence-electron chi connectivity index (χ4n) is 1.55. The monoisotopic (exact) mass is 305 g/mol. The van der Waals surface area contributed by atoms with Crippen LogP contribution in [0.4, 0.5) is 0 Å². The highest BCUT2D eigenvalue weighted by Gasteiger charge is 2.15. The van der Waals surface area contributed by atoms with Crippen molar-refractivity contribution in [2.75, 3.05) is 0 Å². The molecule has 1 aromatic heterocycles. The van der Waals surface area contributed by atoms with Gasteiger partial charge >= 0.3 is 11.9 Å². The number of benzene rings is 1. The number of carboxylic acid groups (broad SMARTS) is 1. The van der Waals surface area contributed by atoms with E-state index in [9.17, 15) is 14.7 Å². The molecule has 1 aromatic carbocycles. The second-order valence-corrected chi connectivity index (χ2v) is 5.05. The Morgan fingerprint density at radius 3 is 2.67 bits per heavy atom. The summed E-state index contributed by atoms with van der Waals surface area (Å²) in [4.78, 5) is 28.1. The molecule has 6 nitrogen and oxygen atoms in total. The van der Waals surface area contributed by atoms with E-state index in [-0.39, 0.29) is 17.7 Å². The predicted molar refractivity (Wildman–Crippen MR) is 76.4 cm³/mol. The van der Waals surface area contributed by atoms with Gasteiger partial charge in [-0.05, 0) is 23.6 Å². The zero-order valence-corrected chi connectivity index (χ0v) is 11.5. The van der Waals surface area contributed by atoms with Crippen molar-refractivity contribution in [1.29, 1.82) is 0 Å². The summed E-state index contributed by atoms with van der Waals surface area (Å²) in [5.41, 5.74) is -0.308. The van der Waals surface area contributed by atoms with Gasteiger partial charge in [-0.15, -0.1) is 11.3 Å². The number of thiophene rings is 1. The van der Waals surface area contributed by atoms with E-state index in [0.717, 1.165) is 4.88 Å². The van der Waals surface area contributed by atoms with Crippen LogP contribution in [0.3, 0.4) is 0 Å². The average molecular weight is 305 g/mol. The van der Waals surface area contributed by atoms with Gasteiger partial charge in [0, 0.05) is 10.4 Å². The molecule has 0 aliphatic heterocycles. The van der Waals surface area contributed by atoms with Crippen LogP contribution in [0.25, 0.3) is 0 Å². The Hall–Kier alpha value is -2.67. The number of hydrogen-bond acceptors (Lipinski definition) is 6. The van der Waals surface area contributed by atoms with E-state index in [1.807, 2.05) is 5.38 Å². The number of phenols is 1. The molecule has 108 valence electrons. The maximum absolute atomic E-state index is 11.6. The van der Waals surface area contributed by atoms with Gasteiger partial charge in [0.25, 0.3) is 0 Å². The molecule has 0 amide bonds. The molecule has 21 heavy (non-hydrogen) atoms. The topological polar surface area (TPSA) is 96.2 Å². The van der Waals surface area contributed by atoms with Gasteiger partial charge in [-0.2, -0.15) is 0 Å². The van der Waals surface area contributed by atoms with Crippen LogP contribution in [0.2, 0.25) is 0 Å². The molecular weight excluding hydrogens is 294 g/mol. The van der Waals surface area contributed by atoms with Gasteiger partial charge in [0.05, 0.1) is 6.42 Å². The Labute approximate surface area is 123 Å². The standard InChI is InChI=1S/C14H11NO5S/c16-10-4-1-3-9(7-10)13(14(18)19)15-20-12(17)8-11-5-2-6-21-11/h1-7,16H,8H2,(H,18,19). The molecule has 2 rings (SSSR count). The van der Waals surface area contributed by atoms with Gasteiger partial charge in [-0.3, -0.25) is 0 Å². The molecule has 0 fully saturated rings. The van der Waals surface area contributed by atoms with Gasteiger partial charge in [-0.1, -0.05) is 23.4 Å². The normalized spacial score (nSPS) is 11.1. The second-order valence-electron chi connectivity index (χ2n) is 4.01. The van der Waals surface area contributed by atoms with Crippen LogP contribution in [-0.4, -0.2) is 27.9 Å². The summed E-state index contributed by atoms with van der Waals surface area (Å²) in [7, 11) is 0. The van der Waals surface area contributed by atoms with Crippen molar-refractivity contribution in [2.45, 2.75) is 6.42 Å². The van der Waals surface area contributed by atoms with Crippen LogP contribution in [0.5, 0.6) is 5.75 Å². The fraction of sp³-hybridized carbons (Fsp3) is 0.0714. The highest BCUT2D eigenvalue weighted by Crippen LogP contribution is 2.13. The first-order valence-electron chi connectivity index (χ1n) is 5.89. The molecule has 2 N–H and O–H groups in total.